The molecule has 174 valence electrons. The predicted molar refractivity (Wildman–Crippen MR) is 124 cm³/mol. The second-order valence-electron chi connectivity index (χ2n) is 7.82. The van der Waals surface area contributed by atoms with Gasteiger partial charge in [0.25, 0.3) is 11.7 Å². The van der Waals surface area contributed by atoms with Crippen LogP contribution in [0.25, 0.3) is 5.76 Å². The first-order valence-electron chi connectivity index (χ1n) is 10.8. The van der Waals surface area contributed by atoms with Crippen molar-refractivity contribution in [1.82, 2.24) is 14.5 Å². The summed E-state index contributed by atoms with van der Waals surface area (Å²) in [5.41, 5.74) is 0.879. The molecule has 34 heavy (non-hydrogen) atoms. The van der Waals surface area contributed by atoms with Crippen LogP contribution in [0.3, 0.4) is 0 Å². The molecule has 1 atom stereocenters. The number of ketones is 1. The number of hydrogen-bond donors (Lipinski definition) is 1. The number of aryl methyl sites for hydroxylation is 1. The number of aliphatic hydroxyl groups excluding tert-OH is 1. The van der Waals surface area contributed by atoms with E-state index in [0.717, 1.165) is 0 Å². The molecule has 1 fully saturated rings. The molecule has 2 aromatic carbocycles. The fourth-order valence-electron chi connectivity index (χ4n) is 3.96. The molecule has 8 heteroatoms. The van der Waals surface area contributed by atoms with Crippen LogP contribution in [-0.2, 0) is 16.1 Å². The lowest BCUT2D eigenvalue weighted by Crippen LogP contribution is -2.31. The Morgan fingerprint density at radius 1 is 1.12 bits per heavy atom. The molecule has 7 nitrogen and oxygen atoms in total. The van der Waals surface area contributed by atoms with Gasteiger partial charge in [0.15, 0.2) is 0 Å². The van der Waals surface area contributed by atoms with Crippen molar-refractivity contribution in [2.24, 2.45) is 0 Å². The normalized spacial score (nSPS) is 17.2. The molecule has 1 saturated heterocycles. The highest BCUT2D eigenvalue weighted by atomic mass is 19.1. The minimum atomic E-state index is -0.833. The maximum Gasteiger partial charge on any atom is 0.295 e. The Labute approximate surface area is 196 Å². The van der Waals surface area contributed by atoms with Crippen LogP contribution in [0.5, 0.6) is 5.75 Å². The second kappa shape index (κ2) is 10.2. The van der Waals surface area contributed by atoms with Crippen LogP contribution in [0.15, 0.2) is 85.5 Å². The number of amides is 1. The predicted octanol–water partition coefficient (Wildman–Crippen LogP) is 4.10. The van der Waals surface area contributed by atoms with E-state index in [9.17, 15) is 19.1 Å². The van der Waals surface area contributed by atoms with Crippen molar-refractivity contribution in [3.8, 4) is 5.75 Å². The van der Waals surface area contributed by atoms with Gasteiger partial charge in [-0.3, -0.25) is 9.59 Å². The maximum absolute atomic E-state index is 13.6. The molecule has 1 aliphatic rings. The van der Waals surface area contributed by atoms with E-state index in [1.807, 2.05) is 10.8 Å². The summed E-state index contributed by atoms with van der Waals surface area (Å²) in [6.07, 6.45) is 7.34. The highest BCUT2D eigenvalue weighted by molar-refractivity contribution is 6.46. The summed E-state index contributed by atoms with van der Waals surface area (Å²) in [6, 6.07) is 11.3. The summed E-state index contributed by atoms with van der Waals surface area (Å²) in [4.78, 5) is 31.5. The monoisotopic (exact) mass is 461 g/mol. The molecule has 3 aromatic rings. The van der Waals surface area contributed by atoms with Crippen LogP contribution in [-0.4, -0.2) is 44.4 Å². The van der Waals surface area contributed by atoms with Gasteiger partial charge in [0, 0.05) is 31.0 Å². The van der Waals surface area contributed by atoms with Gasteiger partial charge >= 0.3 is 0 Å². The minimum Gasteiger partial charge on any atom is -0.507 e. The van der Waals surface area contributed by atoms with Gasteiger partial charge in [-0.2, -0.15) is 0 Å². The van der Waals surface area contributed by atoms with Crippen LogP contribution in [0.2, 0.25) is 0 Å². The summed E-state index contributed by atoms with van der Waals surface area (Å²) in [5, 5.41) is 11.1. The third-order valence-corrected chi connectivity index (χ3v) is 5.60. The summed E-state index contributed by atoms with van der Waals surface area (Å²) in [5.74, 6) is -1.63. The summed E-state index contributed by atoms with van der Waals surface area (Å²) in [6.45, 7) is 4.81. The van der Waals surface area contributed by atoms with Crippen LogP contribution in [0, 0.1) is 5.82 Å². The molecule has 4 rings (SSSR count). The number of likely N-dealkylation sites (tertiary alicyclic amines) is 1. The number of ether oxygens (including phenoxy) is 1. The van der Waals surface area contributed by atoms with Crippen molar-refractivity contribution >= 4 is 17.4 Å². The van der Waals surface area contributed by atoms with Crippen LogP contribution in [0.4, 0.5) is 4.39 Å². The third kappa shape index (κ3) is 4.76. The zero-order chi connectivity index (χ0) is 24.1. The van der Waals surface area contributed by atoms with E-state index in [0.29, 0.717) is 36.4 Å². The Hall–Kier alpha value is -4.20. The lowest BCUT2D eigenvalue weighted by atomic mass is 9.95. The number of aliphatic hydroxyl groups is 1. The van der Waals surface area contributed by atoms with Crippen molar-refractivity contribution in [1.29, 1.82) is 0 Å². The van der Waals surface area contributed by atoms with Crippen LogP contribution < -0.4 is 4.74 Å². The molecule has 2 heterocycles. The first kappa shape index (κ1) is 23.0. The Morgan fingerprint density at radius 3 is 2.50 bits per heavy atom. The quantitative estimate of drug-likeness (QED) is 0.225. The number of rotatable bonds is 9. The SMILES string of the molecule is C=CCOc1ccc(C(O)=C2C(=O)C(=O)N(CCCn3ccnc3)[C@H]2c2ccc(F)cc2)cc1. The van der Waals surface area contributed by atoms with E-state index < -0.39 is 23.5 Å². The maximum atomic E-state index is 13.6. The fraction of sp³-hybridized carbons (Fsp3) is 0.192. The van der Waals surface area contributed by atoms with Gasteiger partial charge in [-0.15, -0.1) is 0 Å². The average Bonchev–Trinajstić information content (AvgIpc) is 3.45. The van der Waals surface area contributed by atoms with E-state index in [2.05, 4.69) is 11.6 Å². The lowest BCUT2D eigenvalue weighted by molar-refractivity contribution is -0.139. The zero-order valence-electron chi connectivity index (χ0n) is 18.4. The second-order valence-corrected chi connectivity index (χ2v) is 7.82. The molecule has 0 radical (unpaired) electrons. The average molecular weight is 461 g/mol. The number of imidazole rings is 1. The number of nitrogens with zero attached hydrogens (tertiary/aromatic N) is 3. The van der Waals surface area contributed by atoms with Gasteiger partial charge in [-0.25, -0.2) is 9.37 Å². The largest absolute Gasteiger partial charge is 0.507 e. The first-order valence-corrected chi connectivity index (χ1v) is 10.8. The molecule has 0 unspecified atom stereocenters. The smallest absolute Gasteiger partial charge is 0.295 e. The molecule has 1 aromatic heterocycles. The number of hydrogen-bond acceptors (Lipinski definition) is 5. The summed E-state index contributed by atoms with van der Waals surface area (Å²) < 4.78 is 20.9. The highest BCUT2D eigenvalue weighted by Crippen LogP contribution is 2.39. The Morgan fingerprint density at radius 2 is 1.85 bits per heavy atom. The Balaban J connectivity index is 1.68. The third-order valence-electron chi connectivity index (χ3n) is 5.60. The van der Waals surface area contributed by atoms with E-state index >= 15 is 0 Å². The summed E-state index contributed by atoms with van der Waals surface area (Å²) in [7, 11) is 0. The lowest BCUT2D eigenvalue weighted by Gasteiger charge is -2.25. The van der Waals surface area contributed by atoms with Gasteiger partial charge in [-0.1, -0.05) is 24.8 Å². The van der Waals surface area contributed by atoms with E-state index in [4.69, 9.17) is 4.74 Å². The first-order chi connectivity index (χ1) is 16.5. The molecule has 1 amide bonds. The van der Waals surface area contributed by atoms with Crippen molar-refractivity contribution < 1.29 is 23.8 Å². The van der Waals surface area contributed by atoms with Crippen LogP contribution in [0.1, 0.15) is 23.6 Å². The molecule has 0 aliphatic carbocycles. The van der Waals surface area contributed by atoms with Gasteiger partial charge < -0.3 is 19.3 Å². The number of carbonyl (C=O) groups excluding carboxylic acids is 2. The van der Waals surface area contributed by atoms with Gasteiger partial charge in [0.2, 0.25) is 0 Å². The van der Waals surface area contributed by atoms with E-state index in [1.165, 1.54) is 29.2 Å². The number of Topliss-reactive ketones (excluding diaryl/α,β-unsaturated/α-hetero) is 1. The fourth-order valence-corrected chi connectivity index (χ4v) is 3.96. The molecule has 0 saturated carbocycles. The molecule has 1 aliphatic heterocycles. The van der Waals surface area contributed by atoms with Crippen LogP contribution >= 0.6 is 0 Å². The van der Waals surface area contributed by atoms with E-state index in [-0.39, 0.29) is 17.9 Å². The molecule has 1 N–H and O–H groups in total. The number of carbonyl (C=O) groups is 2. The van der Waals surface area contributed by atoms with Gasteiger partial charge in [-0.05, 0) is 48.4 Å². The van der Waals surface area contributed by atoms with Crippen molar-refractivity contribution in [3.63, 3.8) is 0 Å². The number of benzene rings is 2. The van der Waals surface area contributed by atoms with Gasteiger partial charge in [0.05, 0.1) is 17.9 Å². The van der Waals surface area contributed by atoms with Crippen molar-refractivity contribution in [3.05, 3.63) is 102 Å². The molecule has 0 bridgehead atoms. The minimum absolute atomic E-state index is 0.0287. The van der Waals surface area contributed by atoms with E-state index in [1.54, 1.807) is 42.9 Å². The Bertz CT molecular complexity index is 1200. The van der Waals surface area contributed by atoms with Gasteiger partial charge in [0.1, 0.15) is 23.9 Å². The standard InChI is InChI=1S/C26H24FN3O4/c1-2-16-34-21-10-6-19(7-11-21)24(31)22-23(18-4-8-20(27)9-5-18)30(26(33)25(22)32)14-3-13-29-15-12-28-17-29/h2,4-12,15,17,23,31H,1,3,13-14,16H2/t23-/m0/s1. The number of aromatic nitrogens is 2. The highest BCUT2D eigenvalue weighted by Gasteiger charge is 2.45. The molecular formula is C26H24FN3O4. The topological polar surface area (TPSA) is 84.7 Å². The van der Waals surface area contributed by atoms with Crippen molar-refractivity contribution in [2.75, 3.05) is 13.2 Å². The zero-order valence-corrected chi connectivity index (χ0v) is 18.4. The number of halogens is 1. The van der Waals surface area contributed by atoms with Crippen molar-refractivity contribution in [2.45, 2.75) is 19.0 Å². The molecular weight excluding hydrogens is 437 g/mol. The molecule has 0 spiro atoms. The Kier molecular flexibility index (Phi) is 6.87. The summed E-state index contributed by atoms with van der Waals surface area (Å²) >= 11 is 0.